The van der Waals surface area contributed by atoms with Gasteiger partial charge < -0.3 is 20.2 Å². The molecule has 0 saturated heterocycles. The van der Waals surface area contributed by atoms with E-state index >= 15 is 0 Å². The molecule has 306 valence electrons. The van der Waals surface area contributed by atoms with Gasteiger partial charge in [0.2, 0.25) is 11.4 Å². The number of thioether (sulfide) groups is 1. The number of allylic oxidation sites excluding steroid dienone is 2. The minimum atomic E-state index is -4.11. The van der Waals surface area contributed by atoms with Gasteiger partial charge in [0, 0.05) is 59.4 Å². The summed E-state index contributed by atoms with van der Waals surface area (Å²) in [4.78, 5) is 30.1. The maximum atomic E-state index is 13.1. The third-order valence-electron chi connectivity index (χ3n) is 10.3. The second-order valence-corrected chi connectivity index (χ2v) is 18.6. The van der Waals surface area contributed by atoms with Crippen LogP contribution in [0.1, 0.15) is 50.5 Å². The number of thiazole rings is 1. The number of amides is 1. The highest BCUT2D eigenvalue weighted by Crippen LogP contribution is 2.47. The number of fused-ring (bicyclic) bond motifs is 2. The lowest BCUT2D eigenvalue weighted by atomic mass is 10.1. The normalized spacial score (nSPS) is 16.2. The van der Waals surface area contributed by atoms with Crippen LogP contribution in [-0.4, -0.2) is 54.8 Å². The molecule has 4 aromatic carbocycles. The Hall–Kier alpha value is -4.92. The van der Waals surface area contributed by atoms with Crippen molar-refractivity contribution in [3.05, 3.63) is 130 Å². The number of carbonyl (C=O) groups excluding carboxylic acids is 1. The van der Waals surface area contributed by atoms with Gasteiger partial charge in [-0.15, -0.1) is 0 Å². The molecule has 1 aromatic heterocycles. The molecule has 2 aliphatic rings. The van der Waals surface area contributed by atoms with Crippen LogP contribution in [0.2, 0.25) is 5.02 Å². The molecular weight excluding hydrogens is 824 g/mol. The molecule has 10 nitrogen and oxygen atoms in total. The van der Waals surface area contributed by atoms with Gasteiger partial charge in [-0.1, -0.05) is 96.2 Å². The fourth-order valence-electron chi connectivity index (χ4n) is 7.36. The Morgan fingerprint density at radius 1 is 0.966 bits per heavy atom. The molecule has 3 N–H and O–H groups in total. The second-order valence-electron chi connectivity index (χ2n) is 14.5. The van der Waals surface area contributed by atoms with Gasteiger partial charge >= 0.3 is 5.97 Å². The standard InChI is InChI=1S/C45H45ClN4O6S3/c1-2-31(27-44-50(24-11-25-59(54,55)56)38-28-33(18-20-40(38)57-44)32-12-4-3-5-13-32)26-43-49(39-29-34(46)19-21-41(39)58-43)23-9-7-17-42(51)47-35-14-10-15-36(30-35)48-22-8-6-16-37(48)45(52)53/h3-6,8,10,12-15,18-21,26-30,37H,2,7,9,11,16-17,22-25H2,1H3,(H2-,47,51,52,53,54,55,56)/p+1. The summed E-state index contributed by atoms with van der Waals surface area (Å²) in [6.07, 6.45) is 11.4. The summed E-state index contributed by atoms with van der Waals surface area (Å²) in [5, 5.41) is 15.4. The van der Waals surface area contributed by atoms with Crippen LogP contribution in [0.3, 0.4) is 0 Å². The molecule has 1 amide bonds. The quantitative estimate of drug-likeness (QED) is 0.0384. The Morgan fingerprint density at radius 3 is 2.58 bits per heavy atom. The van der Waals surface area contributed by atoms with Gasteiger partial charge in [0.15, 0.2) is 6.54 Å². The predicted molar refractivity (Wildman–Crippen MR) is 241 cm³/mol. The molecule has 5 aromatic rings. The van der Waals surface area contributed by atoms with Crippen molar-refractivity contribution in [3.63, 3.8) is 0 Å². The number of nitrogens with zero attached hydrogens (tertiary/aromatic N) is 3. The van der Waals surface area contributed by atoms with Crippen molar-refractivity contribution in [2.45, 2.75) is 62.9 Å². The molecule has 0 bridgehead atoms. The zero-order valence-electron chi connectivity index (χ0n) is 32.6. The number of rotatable bonds is 16. The molecular formula is C45H46ClN4O6S3+. The van der Waals surface area contributed by atoms with Crippen molar-refractivity contribution in [3.8, 4) is 11.1 Å². The van der Waals surface area contributed by atoms with E-state index in [2.05, 4.69) is 64.2 Å². The van der Waals surface area contributed by atoms with Crippen molar-refractivity contribution < 1.29 is 32.2 Å². The van der Waals surface area contributed by atoms with Crippen molar-refractivity contribution in [2.75, 3.05) is 34.0 Å². The minimum absolute atomic E-state index is 0.106. The molecule has 3 heterocycles. The largest absolute Gasteiger partial charge is 0.480 e. The molecule has 14 heteroatoms. The number of aryl methyl sites for hydroxylation is 1. The Balaban J connectivity index is 1.08. The highest BCUT2D eigenvalue weighted by Gasteiger charge is 2.28. The summed E-state index contributed by atoms with van der Waals surface area (Å²) < 4.78 is 36.1. The topological polar surface area (TPSA) is 131 Å². The first-order chi connectivity index (χ1) is 28.5. The van der Waals surface area contributed by atoms with Gasteiger partial charge in [-0.3, -0.25) is 9.35 Å². The molecule has 0 saturated carbocycles. The van der Waals surface area contributed by atoms with E-state index in [1.165, 1.54) is 0 Å². The fraction of sp³-hybridized carbons (Fsp3) is 0.267. The summed E-state index contributed by atoms with van der Waals surface area (Å²) >= 11 is 9.83. The number of benzene rings is 4. The minimum Gasteiger partial charge on any atom is -0.480 e. The van der Waals surface area contributed by atoms with Gasteiger partial charge in [0.05, 0.1) is 16.5 Å². The van der Waals surface area contributed by atoms with E-state index in [9.17, 15) is 27.7 Å². The van der Waals surface area contributed by atoms with Gasteiger partial charge in [0.25, 0.3) is 15.1 Å². The molecule has 7 rings (SSSR count). The molecule has 0 radical (unpaired) electrons. The van der Waals surface area contributed by atoms with Gasteiger partial charge in [-0.2, -0.15) is 13.0 Å². The number of anilines is 3. The monoisotopic (exact) mass is 869 g/mol. The Bertz CT molecular complexity index is 2560. The van der Waals surface area contributed by atoms with Crippen LogP contribution in [0.5, 0.6) is 0 Å². The SMILES string of the molecule is CCC(/C=C1\Sc2ccc(Cl)cc2N1CCCCC(=O)Nc1cccc(N2CC=CCC2C(=O)O)c1)=C\c1sc2ccc(-c3ccccc3)cc2[n+]1CCCS(=O)(=O)O. The van der Waals surface area contributed by atoms with E-state index < -0.39 is 22.1 Å². The van der Waals surface area contributed by atoms with Crippen molar-refractivity contribution >= 4 is 90.0 Å². The summed E-state index contributed by atoms with van der Waals surface area (Å²) in [6.45, 7) is 3.70. The van der Waals surface area contributed by atoms with E-state index in [0.29, 0.717) is 49.6 Å². The zero-order valence-corrected chi connectivity index (χ0v) is 35.8. The summed E-state index contributed by atoms with van der Waals surface area (Å²) in [5.74, 6) is -1.30. The number of aromatic nitrogens is 1. The number of hydrogen-bond acceptors (Lipinski definition) is 8. The highest BCUT2D eigenvalue weighted by molar-refractivity contribution is 8.03. The molecule has 0 aliphatic carbocycles. The Kier molecular flexibility index (Phi) is 13.6. The number of halogens is 1. The summed E-state index contributed by atoms with van der Waals surface area (Å²) in [6, 6.07) is 29.1. The second kappa shape index (κ2) is 19.0. The lowest BCUT2D eigenvalue weighted by Gasteiger charge is -2.32. The highest BCUT2D eigenvalue weighted by atomic mass is 35.5. The Morgan fingerprint density at radius 2 is 1.80 bits per heavy atom. The summed E-state index contributed by atoms with van der Waals surface area (Å²) in [5.41, 5.74) is 6.65. The molecule has 0 spiro atoms. The first-order valence-electron chi connectivity index (χ1n) is 19.6. The number of aliphatic carboxylic acids is 1. The molecule has 59 heavy (non-hydrogen) atoms. The third kappa shape index (κ3) is 10.6. The molecule has 1 atom stereocenters. The fourth-order valence-corrected chi connectivity index (χ4v) is 10.3. The zero-order chi connectivity index (χ0) is 41.5. The maximum absolute atomic E-state index is 13.1. The van der Waals surface area contributed by atoms with E-state index in [1.807, 2.05) is 77.7 Å². The van der Waals surface area contributed by atoms with E-state index in [4.69, 9.17) is 11.6 Å². The lowest BCUT2D eigenvalue weighted by Crippen LogP contribution is -2.43. The van der Waals surface area contributed by atoms with Crippen LogP contribution in [-0.2, 0) is 26.3 Å². The van der Waals surface area contributed by atoms with Crippen LogP contribution >= 0.6 is 34.7 Å². The van der Waals surface area contributed by atoms with Crippen molar-refractivity contribution in [1.82, 2.24) is 0 Å². The van der Waals surface area contributed by atoms with E-state index in [1.54, 1.807) is 23.1 Å². The first-order valence-corrected chi connectivity index (χ1v) is 23.3. The van der Waals surface area contributed by atoms with Gasteiger partial charge in [0.1, 0.15) is 10.7 Å². The number of nitrogens with one attached hydrogen (secondary N) is 1. The van der Waals surface area contributed by atoms with Gasteiger partial charge in [-0.25, -0.2) is 4.79 Å². The molecule has 0 fully saturated rings. The van der Waals surface area contributed by atoms with Crippen LogP contribution < -0.4 is 19.7 Å². The van der Waals surface area contributed by atoms with Crippen molar-refractivity contribution in [2.24, 2.45) is 0 Å². The van der Waals surface area contributed by atoms with Crippen LogP contribution in [0, 0.1) is 0 Å². The Labute approximate surface area is 358 Å². The van der Waals surface area contributed by atoms with E-state index in [-0.39, 0.29) is 18.1 Å². The smallest absolute Gasteiger partial charge is 0.326 e. The number of carboxylic acid groups (broad SMARTS) is 1. The van der Waals surface area contributed by atoms with Gasteiger partial charge in [-0.05, 0) is 90.9 Å². The van der Waals surface area contributed by atoms with Crippen LogP contribution in [0.4, 0.5) is 17.1 Å². The first kappa shape index (κ1) is 42.2. The summed E-state index contributed by atoms with van der Waals surface area (Å²) in [7, 11) is -4.11. The average molecular weight is 871 g/mol. The van der Waals surface area contributed by atoms with Crippen molar-refractivity contribution in [1.29, 1.82) is 0 Å². The number of carboxylic acids is 1. The number of carbonyl (C=O) groups is 2. The third-order valence-corrected chi connectivity index (χ3v) is 13.6. The predicted octanol–water partition coefficient (Wildman–Crippen LogP) is 10.1. The van der Waals surface area contributed by atoms with Crippen LogP contribution in [0.15, 0.2) is 125 Å². The number of unbranched alkanes of at least 4 members (excludes halogenated alkanes) is 1. The molecule has 1 unspecified atom stereocenters. The lowest BCUT2D eigenvalue weighted by molar-refractivity contribution is -0.668. The van der Waals surface area contributed by atoms with E-state index in [0.717, 1.165) is 66.1 Å². The average Bonchev–Trinajstić information content (AvgIpc) is 3.74. The maximum Gasteiger partial charge on any atom is 0.326 e. The van der Waals surface area contributed by atoms with Crippen LogP contribution in [0.25, 0.3) is 27.4 Å². The number of hydrogen-bond donors (Lipinski definition) is 3. The molecule has 2 aliphatic heterocycles.